The molecule has 7 heteroatoms. The van der Waals surface area contributed by atoms with Gasteiger partial charge in [0.15, 0.2) is 0 Å². The highest BCUT2D eigenvalue weighted by Crippen LogP contribution is 2.39. The Morgan fingerprint density at radius 1 is 1.39 bits per heavy atom. The van der Waals surface area contributed by atoms with Gasteiger partial charge in [-0.1, -0.05) is 30.1 Å². The standard InChI is InChI=1S/C11H13Cl2N3O2/c1-6-4-15(5-10(6)14)11-8(12)2-7(16(17)18)3-9(11)13/h2-3,6,10H,4-5,14H2,1H3. The molecule has 0 amide bonds. The van der Waals surface area contributed by atoms with Gasteiger partial charge in [-0.15, -0.1) is 0 Å². The normalized spacial score (nSPS) is 23.4. The Morgan fingerprint density at radius 2 is 1.94 bits per heavy atom. The van der Waals surface area contributed by atoms with Crippen molar-refractivity contribution in [1.82, 2.24) is 0 Å². The van der Waals surface area contributed by atoms with Crippen molar-refractivity contribution >= 4 is 34.6 Å². The van der Waals surface area contributed by atoms with Crippen molar-refractivity contribution in [3.05, 3.63) is 32.3 Å². The van der Waals surface area contributed by atoms with Crippen LogP contribution in [0, 0.1) is 16.0 Å². The highest BCUT2D eigenvalue weighted by Gasteiger charge is 2.30. The number of nitro groups is 1. The molecule has 2 atom stereocenters. The highest BCUT2D eigenvalue weighted by molar-refractivity contribution is 6.39. The Balaban J connectivity index is 2.38. The molecule has 1 fully saturated rings. The molecule has 2 rings (SSSR count). The maximum Gasteiger partial charge on any atom is 0.272 e. The highest BCUT2D eigenvalue weighted by atomic mass is 35.5. The van der Waals surface area contributed by atoms with E-state index in [1.165, 1.54) is 12.1 Å². The van der Waals surface area contributed by atoms with E-state index < -0.39 is 4.92 Å². The summed E-state index contributed by atoms with van der Waals surface area (Å²) in [6, 6.07) is 2.70. The lowest BCUT2D eigenvalue weighted by molar-refractivity contribution is -0.384. The Kier molecular flexibility index (Phi) is 3.66. The van der Waals surface area contributed by atoms with Crippen LogP contribution in [0.3, 0.4) is 0 Å². The molecule has 0 saturated carbocycles. The van der Waals surface area contributed by atoms with Crippen LogP contribution in [0.25, 0.3) is 0 Å². The summed E-state index contributed by atoms with van der Waals surface area (Å²) < 4.78 is 0. The predicted octanol–water partition coefficient (Wildman–Crippen LogP) is 2.69. The molecule has 2 N–H and O–H groups in total. The zero-order chi connectivity index (χ0) is 13.4. The Labute approximate surface area is 115 Å². The third-order valence-electron chi connectivity index (χ3n) is 3.20. The van der Waals surface area contributed by atoms with Crippen LogP contribution in [0.1, 0.15) is 6.92 Å². The van der Waals surface area contributed by atoms with Crippen LogP contribution in [-0.4, -0.2) is 24.1 Å². The molecular formula is C11H13Cl2N3O2. The van der Waals surface area contributed by atoms with Crippen molar-refractivity contribution in [3.63, 3.8) is 0 Å². The molecule has 0 aromatic heterocycles. The molecule has 0 bridgehead atoms. The number of hydrogen-bond acceptors (Lipinski definition) is 4. The minimum Gasteiger partial charge on any atom is -0.367 e. The third kappa shape index (κ3) is 2.39. The largest absolute Gasteiger partial charge is 0.367 e. The second kappa shape index (κ2) is 4.91. The van der Waals surface area contributed by atoms with Crippen molar-refractivity contribution in [3.8, 4) is 0 Å². The summed E-state index contributed by atoms with van der Waals surface area (Å²) >= 11 is 12.2. The lowest BCUT2D eigenvalue weighted by Crippen LogP contribution is -2.28. The second-order valence-electron chi connectivity index (χ2n) is 4.56. The molecule has 1 aromatic carbocycles. The van der Waals surface area contributed by atoms with E-state index in [1.807, 2.05) is 4.90 Å². The van der Waals surface area contributed by atoms with Crippen LogP contribution in [0.4, 0.5) is 11.4 Å². The van der Waals surface area contributed by atoms with E-state index in [0.29, 0.717) is 18.2 Å². The summed E-state index contributed by atoms with van der Waals surface area (Å²) in [5.41, 5.74) is 6.47. The molecule has 1 heterocycles. The van der Waals surface area contributed by atoms with Gasteiger partial charge in [0.2, 0.25) is 0 Å². The number of nitrogens with two attached hydrogens (primary N) is 1. The fourth-order valence-electron chi connectivity index (χ4n) is 2.13. The first kappa shape index (κ1) is 13.4. The molecular weight excluding hydrogens is 277 g/mol. The quantitative estimate of drug-likeness (QED) is 0.671. The predicted molar refractivity (Wildman–Crippen MR) is 72.5 cm³/mol. The lowest BCUT2D eigenvalue weighted by Gasteiger charge is -2.20. The topological polar surface area (TPSA) is 72.4 Å². The van der Waals surface area contributed by atoms with E-state index in [9.17, 15) is 10.1 Å². The zero-order valence-corrected chi connectivity index (χ0v) is 11.3. The molecule has 98 valence electrons. The van der Waals surface area contributed by atoms with Crippen molar-refractivity contribution in [2.45, 2.75) is 13.0 Å². The molecule has 1 aliphatic heterocycles. The third-order valence-corrected chi connectivity index (χ3v) is 3.78. The summed E-state index contributed by atoms with van der Waals surface area (Å²) in [6.45, 7) is 3.45. The Morgan fingerprint density at radius 3 is 2.33 bits per heavy atom. The van der Waals surface area contributed by atoms with Crippen LogP contribution in [-0.2, 0) is 0 Å². The van der Waals surface area contributed by atoms with E-state index in [4.69, 9.17) is 28.9 Å². The van der Waals surface area contributed by atoms with Crippen LogP contribution in [0.5, 0.6) is 0 Å². The molecule has 18 heavy (non-hydrogen) atoms. The molecule has 1 aliphatic rings. The number of halogens is 2. The van der Waals surface area contributed by atoms with Crippen LogP contribution in [0.2, 0.25) is 10.0 Å². The van der Waals surface area contributed by atoms with Gasteiger partial charge < -0.3 is 10.6 Å². The number of benzene rings is 1. The number of nitro benzene ring substituents is 1. The molecule has 2 unspecified atom stereocenters. The van der Waals surface area contributed by atoms with Gasteiger partial charge in [0.25, 0.3) is 5.69 Å². The molecule has 0 radical (unpaired) electrons. The molecule has 1 saturated heterocycles. The first-order valence-electron chi connectivity index (χ1n) is 5.54. The van der Waals surface area contributed by atoms with Crippen LogP contribution < -0.4 is 10.6 Å². The summed E-state index contributed by atoms with van der Waals surface area (Å²) in [7, 11) is 0. The zero-order valence-electron chi connectivity index (χ0n) is 9.77. The van der Waals surface area contributed by atoms with Gasteiger partial charge in [-0.05, 0) is 5.92 Å². The summed E-state index contributed by atoms with van der Waals surface area (Å²) in [6.07, 6.45) is 0. The monoisotopic (exact) mass is 289 g/mol. The fraction of sp³-hybridized carbons (Fsp3) is 0.455. The van der Waals surface area contributed by atoms with E-state index >= 15 is 0 Å². The first-order valence-corrected chi connectivity index (χ1v) is 6.29. The van der Waals surface area contributed by atoms with Gasteiger partial charge in [0, 0.05) is 31.3 Å². The van der Waals surface area contributed by atoms with Crippen molar-refractivity contribution in [2.24, 2.45) is 11.7 Å². The Hall–Kier alpha value is -1.04. The molecule has 5 nitrogen and oxygen atoms in total. The Bertz CT molecular complexity index is 462. The number of rotatable bonds is 2. The van der Waals surface area contributed by atoms with Gasteiger partial charge in [0.05, 0.1) is 20.7 Å². The van der Waals surface area contributed by atoms with Crippen LogP contribution in [0.15, 0.2) is 12.1 Å². The average molecular weight is 290 g/mol. The molecule has 1 aromatic rings. The molecule has 0 aliphatic carbocycles. The number of nitrogens with zero attached hydrogens (tertiary/aromatic N) is 2. The van der Waals surface area contributed by atoms with Crippen molar-refractivity contribution in [2.75, 3.05) is 18.0 Å². The SMILES string of the molecule is CC1CN(c2c(Cl)cc([N+](=O)[O-])cc2Cl)CC1N. The van der Waals surface area contributed by atoms with E-state index in [1.54, 1.807) is 0 Å². The number of anilines is 1. The van der Waals surface area contributed by atoms with Crippen molar-refractivity contribution < 1.29 is 4.92 Å². The smallest absolute Gasteiger partial charge is 0.272 e. The fourth-order valence-corrected chi connectivity index (χ4v) is 2.85. The van der Waals surface area contributed by atoms with E-state index in [-0.39, 0.29) is 21.8 Å². The molecule has 0 spiro atoms. The minimum absolute atomic E-state index is 0.0623. The maximum absolute atomic E-state index is 10.7. The van der Waals surface area contributed by atoms with Gasteiger partial charge in [-0.25, -0.2) is 0 Å². The van der Waals surface area contributed by atoms with Gasteiger partial charge >= 0.3 is 0 Å². The van der Waals surface area contributed by atoms with Gasteiger partial charge in [-0.3, -0.25) is 10.1 Å². The summed E-state index contributed by atoms with van der Waals surface area (Å²) in [4.78, 5) is 12.2. The summed E-state index contributed by atoms with van der Waals surface area (Å²) in [5.74, 6) is 0.340. The van der Waals surface area contributed by atoms with E-state index in [2.05, 4.69) is 6.92 Å². The number of non-ortho nitro benzene ring substituents is 1. The maximum atomic E-state index is 10.7. The van der Waals surface area contributed by atoms with Gasteiger partial charge in [0.1, 0.15) is 0 Å². The second-order valence-corrected chi connectivity index (χ2v) is 5.38. The first-order chi connectivity index (χ1) is 8.40. The van der Waals surface area contributed by atoms with Crippen molar-refractivity contribution in [1.29, 1.82) is 0 Å². The van der Waals surface area contributed by atoms with Crippen LogP contribution >= 0.6 is 23.2 Å². The number of hydrogen-bond donors (Lipinski definition) is 1. The summed E-state index contributed by atoms with van der Waals surface area (Å²) in [5, 5.41) is 11.3. The average Bonchev–Trinajstić information content (AvgIpc) is 2.57. The minimum atomic E-state index is -0.514. The lowest BCUT2D eigenvalue weighted by atomic mass is 10.1. The van der Waals surface area contributed by atoms with E-state index in [0.717, 1.165) is 6.54 Å². The van der Waals surface area contributed by atoms with Gasteiger partial charge in [-0.2, -0.15) is 0 Å².